The van der Waals surface area contributed by atoms with Gasteiger partial charge in [-0.25, -0.2) is 4.98 Å². The number of carbonyl (C=O) groups excluding carboxylic acids is 1. The molecule has 0 aliphatic carbocycles. The van der Waals surface area contributed by atoms with Crippen molar-refractivity contribution in [1.29, 1.82) is 0 Å². The average molecular weight is 414 g/mol. The summed E-state index contributed by atoms with van der Waals surface area (Å²) >= 11 is 6.95. The molecule has 4 rings (SSSR count). The molecule has 1 aromatic carbocycles. The van der Waals surface area contributed by atoms with Crippen molar-refractivity contribution in [2.75, 3.05) is 13.1 Å². The van der Waals surface area contributed by atoms with Gasteiger partial charge in [0.2, 0.25) is 5.91 Å². The van der Waals surface area contributed by atoms with Gasteiger partial charge in [-0.15, -0.1) is 11.3 Å². The molecule has 0 unspecified atom stereocenters. The fourth-order valence-corrected chi connectivity index (χ4v) is 4.89. The van der Waals surface area contributed by atoms with Crippen molar-refractivity contribution in [2.45, 2.75) is 38.6 Å². The summed E-state index contributed by atoms with van der Waals surface area (Å²) in [5, 5.41) is 8.22. The number of aromatic amines is 1. The molecular formula is C20H23N5OS2. The first-order valence-corrected chi connectivity index (χ1v) is 10.7. The highest BCUT2D eigenvalue weighted by Gasteiger charge is 2.27. The van der Waals surface area contributed by atoms with Gasteiger partial charge in [-0.2, -0.15) is 5.10 Å². The maximum atomic E-state index is 12.6. The van der Waals surface area contributed by atoms with Gasteiger partial charge < -0.3 is 9.47 Å². The Morgan fingerprint density at radius 1 is 1.32 bits per heavy atom. The lowest BCUT2D eigenvalue weighted by Crippen LogP contribution is -2.37. The van der Waals surface area contributed by atoms with E-state index in [0.717, 1.165) is 47.0 Å². The summed E-state index contributed by atoms with van der Waals surface area (Å²) in [4.78, 5) is 19.0. The van der Waals surface area contributed by atoms with E-state index in [1.807, 2.05) is 35.2 Å². The van der Waals surface area contributed by atoms with Crippen molar-refractivity contribution < 1.29 is 4.79 Å². The SMILES string of the molecule is CC(C)n1c(C2CCN(C(=O)C=Cc3nc4ccccc4s3)CC2)n[nH]c1=S. The minimum Gasteiger partial charge on any atom is -0.339 e. The molecule has 1 amide bonds. The maximum absolute atomic E-state index is 12.6. The first-order valence-electron chi connectivity index (χ1n) is 9.52. The molecular weight excluding hydrogens is 390 g/mol. The number of benzene rings is 1. The second-order valence-corrected chi connectivity index (χ2v) is 8.75. The van der Waals surface area contributed by atoms with Crippen LogP contribution in [-0.2, 0) is 4.79 Å². The second-order valence-electron chi connectivity index (χ2n) is 7.30. The van der Waals surface area contributed by atoms with Crippen LogP contribution >= 0.6 is 23.6 Å². The van der Waals surface area contributed by atoms with Gasteiger partial charge in [0.05, 0.1) is 10.2 Å². The van der Waals surface area contributed by atoms with E-state index in [2.05, 4.69) is 33.6 Å². The smallest absolute Gasteiger partial charge is 0.246 e. The number of hydrogen-bond acceptors (Lipinski definition) is 5. The van der Waals surface area contributed by atoms with Crippen molar-refractivity contribution in [3.8, 4) is 0 Å². The predicted octanol–water partition coefficient (Wildman–Crippen LogP) is 4.55. The molecule has 0 radical (unpaired) electrons. The lowest BCUT2D eigenvalue weighted by molar-refractivity contribution is -0.127. The van der Waals surface area contributed by atoms with Gasteiger partial charge in [0.15, 0.2) is 4.77 Å². The van der Waals surface area contributed by atoms with Crippen LogP contribution in [0.15, 0.2) is 30.3 Å². The molecule has 1 saturated heterocycles. The number of thiazole rings is 1. The normalized spacial score (nSPS) is 15.9. The van der Waals surface area contributed by atoms with Crippen LogP contribution in [0.1, 0.15) is 49.5 Å². The molecule has 2 aromatic heterocycles. The van der Waals surface area contributed by atoms with E-state index in [0.29, 0.717) is 10.7 Å². The van der Waals surface area contributed by atoms with E-state index in [1.165, 1.54) is 0 Å². The van der Waals surface area contributed by atoms with E-state index < -0.39 is 0 Å². The van der Waals surface area contributed by atoms with E-state index in [-0.39, 0.29) is 11.9 Å². The van der Waals surface area contributed by atoms with Crippen LogP contribution in [0.2, 0.25) is 0 Å². The average Bonchev–Trinajstić information content (AvgIpc) is 3.29. The zero-order valence-electron chi connectivity index (χ0n) is 16.0. The van der Waals surface area contributed by atoms with Crippen LogP contribution in [0.3, 0.4) is 0 Å². The number of piperidine rings is 1. The number of nitrogens with one attached hydrogen (secondary N) is 1. The number of nitrogens with zero attached hydrogens (tertiary/aromatic N) is 4. The van der Waals surface area contributed by atoms with Crippen LogP contribution in [0.5, 0.6) is 0 Å². The number of amides is 1. The summed E-state index contributed by atoms with van der Waals surface area (Å²) in [5.41, 5.74) is 0.971. The van der Waals surface area contributed by atoms with Gasteiger partial charge >= 0.3 is 0 Å². The van der Waals surface area contributed by atoms with Gasteiger partial charge in [0, 0.05) is 31.1 Å². The highest BCUT2D eigenvalue weighted by atomic mass is 32.1. The van der Waals surface area contributed by atoms with E-state index in [4.69, 9.17) is 12.2 Å². The van der Waals surface area contributed by atoms with Crippen molar-refractivity contribution >= 4 is 45.8 Å². The fourth-order valence-electron chi connectivity index (χ4n) is 3.67. The fraction of sp³-hybridized carbons (Fsp3) is 0.400. The second kappa shape index (κ2) is 7.97. The maximum Gasteiger partial charge on any atom is 0.246 e. The molecule has 0 spiro atoms. The summed E-state index contributed by atoms with van der Waals surface area (Å²) in [6.45, 7) is 5.68. The van der Waals surface area contributed by atoms with E-state index in [9.17, 15) is 4.79 Å². The Bertz CT molecular complexity index is 1040. The largest absolute Gasteiger partial charge is 0.339 e. The summed E-state index contributed by atoms with van der Waals surface area (Å²) < 4.78 is 3.89. The molecule has 6 nitrogen and oxygen atoms in total. The lowest BCUT2D eigenvalue weighted by atomic mass is 9.95. The van der Waals surface area contributed by atoms with Gasteiger partial charge in [-0.1, -0.05) is 12.1 Å². The molecule has 8 heteroatoms. The number of fused-ring (bicyclic) bond motifs is 1. The Hall–Kier alpha value is -2.32. The summed E-state index contributed by atoms with van der Waals surface area (Å²) in [5.74, 6) is 1.38. The number of carbonyl (C=O) groups is 1. The highest BCUT2D eigenvalue weighted by molar-refractivity contribution is 7.71. The Morgan fingerprint density at radius 3 is 2.79 bits per heavy atom. The minimum absolute atomic E-state index is 0.0421. The van der Waals surface area contributed by atoms with Gasteiger partial charge in [0.25, 0.3) is 0 Å². The standard InChI is InChI=1S/C20H23N5OS2/c1-13(2)25-19(22-23-20(25)27)14-9-11-24(12-10-14)18(26)8-7-17-21-15-5-3-4-6-16(15)28-17/h3-8,13-14H,9-12H2,1-2H3,(H,23,27). The molecule has 0 saturated carbocycles. The topological polar surface area (TPSA) is 66.8 Å². The molecule has 1 aliphatic rings. The molecule has 146 valence electrons. The van der Waals surface area contributed by atoms with Crippen LogP contribution in [0.4, 0.5) is 0 Å². The van der Waals surface area contributed by atoms with Crippen molar-refractivity contribution in [2.24, 2.45) is 0 Å². The Kier molecular flexibility index (Phi) is 5.41. The van der Waals surface area contributed by atoms with Crippen LogP contribution in [0, 0.1) is 4.77 Å². The Morgan fingerprint density at radius 2 is 2.07 bits per heavy atom. The third kappa shape index (κ3) is 3.79. The first kappa shape index (κ1) is 19.0. The molecule has 1 aliphatic heterocycles. The number of hydrogen-bond donors (Lipinski definition) is 1. The molecule has 0 atom stereocenters. The third-order valence-corrected chi connectivity index (χ3v) is 6.39. The van der Waals surface area contributed by atoms with E-state index in [1.54, 1.807) is 17.4 Å². The van der Waals surface area contributed by atoms with Crippen molar-refractivity contribution in [3.63, 3.8) is 0 Å². The van der Waals surface area contributed by atoms with Crippen LogP contribution in [-0.4, -0.2) is 43.6 Å². The summed E-state index contributed by atoms with van der Waals surface area (Å²) in [7, 11) is 0. The minimum atomic E-state index is 0.0421. The number of rotatable bonds is 4. The monoisotopic (exact) mass is 413 g/mol. The van der Waals surface area contributed by atoms with Gasteiger partial charge in [-0.3, -0.25) is 9.89 Å². The van der Waals surface area contributed by atoms with Crippen LogP contribution < -0.4 is 0 Å². The Balaban J connectivity index is 1.39. The quantitative estimate of drug-likeness (QED) is 0.503. The van der Waals surface area contributed by atoms with Crippen molar-refractivity contribution in [1.82, 2.24) is 24.6 Å². The van der Waals surface area contributed by atoms with Crippen molar-refractivity contribution in [3.05, 3.63) is 45.9 Å². The highest BCUT2D eigenvalue weighted by Crippen LogP contribution is 2.29. The lowest BCUT2D eigenvalue weighted by Gasteiger charge is -2.31. The molecule has 1 N–H and O–H groups in total. The molecule has 0 bridgehead atoms. The first-order chi connectivity index (χ1) is 13.5. The number of H-pyrrole nitrogens is 1. The van der Waals surface area contributed by atoms with Crippen LogP contribution in [0.25, 0.3) is 16.3 Å². The third-order valence-electron chi connectivity index (χ3n) is 5.10. The molecule has 3 aromatic rings. The number of likely N-dealkylation sites (tertiary alicyclic amines) is 1. The molecule has 1 fully saturated rings. The summed E-state index contributed by atoms with van der Waals surface area (Å²) in [6.07, 6.45) is 5.26. The molecule has 28 heavy (non-hydrogen) atoms. The van der Waals surface area contributed by atoms with E-state index >= 15 is 0 Å². The molecule has 3 heterocycles. The number of aromatic nitrogens is 4. The summed E-state index contributed by atoms with van der Waals surface area (Å²) in [6, 6.07) is 8.28. The zero-order valence-corrected chi connectivity index (χ0v) is 17.6. The Labute approximate surface area is 172 Å². The number of para-hydroxylation sites is 1. The van der Waals surface area contributed by atoms with Gasteiger partial charge in [0.1, 0.15) is 10.8 Å². The van der Waals surface area contributed by atoms with Gasteiger partial charge in [-0.05, 0) is 57.1 Å². The predicted molar refractivity (Wildman–Crippen MR) is 115 cm³/mol. The zero-order chi connectivity index (χ0) is 19.7.